The van der Waals surface area contributed by atoms with Crippen LogP contribution < -0.4 is 4.72 Å². The zero-order chi connectivity index (χ0) is 14.8. The van der Waals surface area contributed by atoms with Crippen molar-refractivity contribution in [3.05, 3.63) is 36.7 Å². The molecule has 0 bridgehead atoms. The van der Waals surface area contributed by atoms with Gasteiger partial charge in [0.05, 0.1) is 4.90 Å². The number of hydrogen-bond acceptors (Lipinski definition) is 3. The van der Waals surface area contributed by atoms with Crippen molar-refractivity contribution in [2.45, 2.75) is 18.7 Å². The number of rotatable bonds is 5. The number of alkyl halides is 1. The van der Waals surface area contributed by atoms with Crippen LogP contribution in [0, 0.1) is 5.41 Å². The molecule has 0 radical (unpaired) electrons. The lowest BCUT2D eigenvalue weighted by Gasteiger charge is -2.21. The predicted molar refractivity (Wildman–Crippen MR) is 81.4 cm³/mol. The largest absolute Gasteiger partial charge is 0.264 e. The highest BCUT2D eigenvalue weighted by Crippen LogP contribution is 2.23. The van der Waals surface area contributed by atoms with Gasteiger partial charge < -0.3 is 0 Å². The first-order chi connectivity index (χ1) is 9.36. The fourth-order valence-electron chi connectivity index (χ4n) is 1.74. The summed E-state index contributed by atoms with van der Waals surface area (Å²) in [5, 5.41) is 1.46. The first kappa shape index (κ1) is 15.2. The predicted octanol–water partition coefficient (Wildman–Crippen LogP) is 2.78. The molecule has 0 aliphatic carbocycles. The summed E-state index contributed by atoms with van der Waals surface area (Å²) >= 11 is 5.82. The number of hydrogen-bond donors (Lipinski definition) is 1. The van der Waals surface area contributed by atoms with Crippen molar-refractivity contribution >= 4 is 32.4 Å². The quantitative estimate of drug-likeness (QED) is 0.864. The Bertz CT molecular complexity index is 709. The van der Waals surface area contributed by atoms with Gasteiger partial charge in [0, 0.05) is 35.6 Å². The average Bonchev–Trinajstić information content (AvgIpc) is 2.45. The van der Waals surface area contributed by atoms with Crippen molar-refractivity contribution in [1.82, 2.24) is 9.71 Å². The molecule has 0 unspecified atom stereocenters. The summed E-state index contributed by atoms with van der Waals surface area (Å²) in [6.45, 7) is 4.12. The molecule has 0 saturated heterocycles. The van der Waals surface area contributed by atoms with E-state index in [1.165, 1.54) is 0 Å². The second-order valence-corrected chi connectivity index (χ2v) is 7.48. The van der Waals surface area contributed by atoms with Crippen LogP contribution in [0.4, 0.5) is 0 Å². The van der Waals surface area contributed by atoms with Gasteiger partial charge in [-0.25, -0.2) is 13.1 Å². The molecule has 0 atom stereocenters. The molecule has 1 N–H and O–H groups in total. The molecule has 0 fully saturated rings. The Balaban J connectivity index is 2.38. The Morgan fingerprint density at radius 3 is 2.75 bits per heavy atom. The normalized spacial score (nSPS) is 12.8. The van der Waals surface area contributed by atoms with Crippen LogP contribution in [0.5, 0.6) is 0 Å². The number of pyridine rings is 1. The molecule has 108 valence electrons. The Kier molecular flexibility index (Phi) is 4.32. The van der Waals surface area contributed by atoms with Crippen molar-refractivity contribution in [1.29, 1.82) is 0 Å². The third-order valence-electron chi connectivity index (χ3n) is 3.03. The van der Waals surface area contributed by atoms with E-state index < -0.39 is 10.0 Å². The summed E-state index contributed by atoms with van der Waals surface area (Å²) in [6, 6.07) is 6.85. The third-order valence-corrected chi connectivity index (χ3v) is 5.22. The molecule has 0 saturated carbocycles. The molecule has 0 aliphatic rings. The van der Waals surface area contributed by atoms with Crippen LogP contribution in [0.25, 0.3) is 10.8 Å². The van der Waals surface area contributed by atoms with Crippen LogP contribution >= 0.6 is 11.6 Å². The average molecular weight is 313 g/mol. The van der Waals surface area contributed by atoms with Gasteiger partial charge in [-0.2, -0.15) is 0 Å². The summed E-state index contributed by atoms with van der Waals surface area (Å²) in [5.74, 6) is 0.384. The molecule has 0 spiro atoms. The number of sulfonamides is 1. The van der Waals surface area contributed by atoms with Gasteiger partial charge in [0.25, 0.3) is 0 Å². The fourth-order valence-corrected chi connectivity index (χ4v) is 3.31. The molecule has 1 heterocycles. The maximum Gasteiger partial charge on any atom is 0.241 e. The lowest BCUT2D eigenvalue weighted by molar-refractivity contribution is 0.414. The van der Waals surface area contributed by atoms with Gasteiger partial charge in [0.15, 0.2) is 0 Å². The highest BCUT2D eigenvalue weighted by Gasteiger charge is 2.22. The fraction of sp³-hybridized carbons (Fsp3) is 0.357. The molecule has 1 aromatic carbocycles. The molecule has 4 nitrogen and oxygen atoms in total. The zero-order valence-electron chi connectivity index (χ0n) is 11.4. The molecule has 6 heteroatoms. The third kappa shape index (κ3) is 3.29. The summed E-state index contributed by atoms with van der Waals surface area (Å²) in [4.78, 5) is 4.27. The minimum atomic E-state index is -3.57. The summed E-state index contributed by atoms with van der Waals surface area (Å²) in [5.41, 5.74) is -0.291. The SMILES string of the molecule is CC(C)(CCl)CNS(=O)(=O)c1cccc2cnccc12. The van der Waals surface area contributed by atoms with E-state index in [1.807, 2.05) is 19.9 Å². The molecule has 2 aromatic rings. The number of aromatic nitrogens is 1. The minimum Gasteiger partial charge on any atom is -0.264 e. The van der Waals surface area contributed by atoms with Gasteiger partial charge in [-0.15, -0.1) is 11.6 Å². The molecule has 20 heavy (non-hydrogen) atoms. The Morgan fingerprint density at radius 1 is 1.30 bits per heavy atom. The Labute approximate surface area is 124 Å². The van der Waals surface area contributed by atoms with Crippen LogP contribution in [-0.4, -0.2) is 25.8 Å². The van der Waals surface area contributed by atoms with Crippen LogP contribution in [-0.2, 0) is 10.0 Å². The van der Waals surface area contributed by atoms with Crippen LogP contribution in [0.2, 0.25) is 0 Å². The molecule has 0 aliphatic heterocycles. The highest BCUT2D eigenvalue weighted by atomic mass is 35.5. The number of nitrogens with zero attached hydrogens (tertiary/aromatic N) is 1. The zero-order valence-corrected chi connectivity index (χ0v) is 13.0. The molecule has 1 aromatic heterocycles. The molecular formula is C14H17ClN2O2S. The van der Waals surface area contributed by atoms with Gasteiger partial charge >= 0.3 is 0 Å². The van der Waals surface area contributed by atoms with Gasteiger partial charge in [-0.1, -0.05) is 26.0 Å². The first-order valence-corrected chi connectivity index (χ1v) is 8.26. The van der Waals surface area contributed by atoms with Crippen molar-refractivity contribution < 1.29 is 8.42 Å². The van der Waals surface area contributed by atoms with Gasteiger partial charge in [0.1, 0.15) is 0 Å². The van der Waals surface area contributed by atoms with E-state index in [0.717, 1.165) is 5.39 Å². The second kappa shape index (κ2) is 5.68. The van der Waals surface area contributed by atoms with Gasteiger partial charge in [-0.05, 0) is 17.5 Å². The topological polar surface area (TPSA) is 59.1 Å². The Morgan fingerprint density at radius 2 is 2.05 bits per heavy atom. The van der Waals surface area contributed by atoms with E-state index in [1.54, 1.807) is 30.6 Å². The smallest absolute Gasteiger partial charge is 0.241 e. The maximum atomic E-state index is 12.4. The number of fused-ring (bicyclic) bond motifs is 1. The van der Waals surface area contributed by atoms with Gasteiger partial charge in [-0.3, -0.25) is 4.98 Å². The number of benzene rings is 1. The summed E-state index contributed by atoms with van der Waals surface area (Å²) < 4.78 is 27.5. The van der Waals surface area contributed by atoms with E-state index in [0.29, 0.717) is 17.8 Å². The lowest BCUT2D eigenvalue weighted by atomic mass is 9.97. The maximum absolute atomic E-state index is 12.4. The second-order valence-electron chi connectivity index (χ2n) is 5.48. The highest BCUT2D eigenvalue weighted by molar-refractivity contribution is 7.89. The van der Waals surface area contributed by atoms with Crippen molar-refractivity contribution in [2.75, 3.05) is 12.4 Å². The van der Waals surface area contributed by atoms with Gasteiger partial charge in [0.2, 0.25) is 10.0 Å². The van der Waals surface area contributed by atoms with E-state index in [2.05, 4.69) is 9.71 Å². The first-order valence-electron chi connectivity index (χ1n) is 6.24. The van der Waals surface area contributed by atoms with E-state index in [-0.39, 0.29) is 10.3 Å². The van der Waals surface area contributed by atoms with E-state index in [4.69, 9.17) is 11.6 Å². The van der Waals surface area contributed by atoms with E-state index >= 15 is 0 Å². The van der Waals surface area contributed by atoms with Crippen molar-refractivity contribution in [2.24, 2.45) is 5.41 Å². The summed E-state index contributed by atoms with van der Waals surface area (Å²) in [6.07, 6.45) is 3.24. The lowest BCUT2D eigenvalue weighted by Crippen LogP contribution is -2.35. The Hall–Kier alpha value is -1.17. The van der Waals surface area contributed by atoms with Crippen molar-refractivity contribution in [3.8, 4) is 0 Å². The van der Waals surface area contributed by atoms with Crippen molar-refractivity contribution in [3.63, 3.8) is 0 Å². The number of halogens is 1. The number of nitrogens with one attached hydrogen (secondary N) is 1. The molecule has 2 rings (SSSR count). The molecule has 0 amide bonds. The van der Waals surface area contributed by atoms with Crippen LogP contribution in [0.1, 0.15) is 13.8 Å². The minimum absolute atomic E-state index is 0.266. The monoisotopic (exact) mass is 312 g/mol. The van der Waals surface area contributed by atoms with E-state index in [9.17, 15) is 8.42 Å². The van der Waals surface area contributed by atoms with Crippen LogP contribution in [0.3, 0.4) is 0 Å². The standard InChI is InChI=1S/C14H17ClN2O2S/c1-14(2,9-15)10-17-20(18,19)13-5-3-4-11-8-16-7-6-12(11)13/h3-8,17H,9-10H2,1-2H3. The summed E-state index contributed by atoms with van der Waals surface area (Å²) in [7, 11) is -3.57. The van der Waals surface area contributed by atoms with Crippen LogP contribution in [0.15, 0.2) is 41.6 Å². The molecular weight excluding hydrogens is 296 g/mol.